The molecule has 0 spiro atoms. The summed E-state index contributed by atoms with van der Waals surface area (Å²) in [5.41, 5.74) is 2.49. The van der Waals surface area contributed by atoms with Crippen molar-refractivity contribution in [3.8, 4) is 0 Å². The van der Waals surface area contributed by atoms with E-state index in [0.717, 1.165) is 21.1 Å². The molecule has 0 aromatic heterocycles. The Hall–Kier alpha value is -0.800. The third-order valence-corrected chi connectivity index (χ3v) is 4.71. The number of hydrogen-bond acceptors (Lipinski definition) is 1. The lowest BCUT2D eigenvalue weighted by Crippen LogP contribution is -2.11. The fourth-order valence-corrected chi connectivity index (χ4v) is 3.56. The van der Waals surface area contributed by atoms with E-state index in [4.69, 9.17) is 0 Å². The topological polar surface area (TPSA) is 12.0 Å². The van der Waals surface area contributed by atoms with Gasteiger partial charge in [-0.1, -0.05) is 72.4 Å². The van der Waals surface area contributed by atoms with Gasteiger partial charge in [0.1, 0.15) is 0 Å². The third kappa shape index (κ3) is 5.15. The molecule has 0 radical (unpaired) electrons. The number of rotatable bonds is 7. The Morgan fingerprint density at radius 1 is 1.00 bits per heavy atom. The normalized spacial score (nSPS) is 12.1. The zero-order valence-corrected chi connectivity index (χ0v) is 15.5. The van der Waals surface area contributed by atoms with E-state index in [1.54, 1.807) is 0 Å². The highest BCUT2D eigenvalue weighted by Gasteiger charge is 2.12. The molecule has 112 valence electrons. The lowest BCUT2D eigenvalue weighted by Gasteiger charge is -2.21. The number of nitrogens with one attached hydrogen (secondary N) is 1. The molecule has 1 N–H and O–H groups in total. The maximum atomic E-state index is 3.68. The average Bonchev–Trinajstić information content (AvgIpc) is 2.49. The van der Waals surface area contributed by atoms with Gasteiger partial charge in [0.2, 0.25) is 0 Å². The molecule has 0 saturated carbocycles. The molecule has 1 atom stereocenters. The fourth-order valence-electron chi connectivity index (χ4n) is 2.40. The number of hydrogen-bond donors (Lipinski definition) is 1. The standard InChI is InChI=1S/C18H21Br2N/c1-2-3-5-10-17(14-8-6-4-7-9-14)21-18-12-11-15(19)13-16(18)20/h4,6-9,11-13,17,21H,2-3,5,10H2,1H3. The van der Waals surface area contributed by atoms with Crippen LogP contribution in [0.1, 0.15) is 44.2 Å². The average molecular weight is 411 g/mol. The molecule has 2 aromatic rings. The number of anilines is 1. The van der Waals surface area contributed by atoms with E-state index in [9.17, 15) is 0 Å². The second-order valence-electron chi connectivity index (χ2n) is 5.23. The molecule has 2 aromatic carbocycles. The van der Waals surface area contributed by atoms with Gasteiger partial charge in [-0.05, 0) is 46.1 Å². The highest BCUT2D eigenvalue weighted by molar-refractivity contribution is 9.11. The van der Waals surface area contributed by atoms with E-state index in [0.29, 0.717) is 6.04 Å². The first-order chi connectivity index (χ1) is 10.2. The summed E-state index contributed by atoms with van der Waals surface area (Å²) in [6, 6.07) is 17.3. The van der Waals surface area contributed by atoms with E-state index in [-0.39, 0.29) is 0 Å². The van der Waals surface area contributed by atoms with Gasteiger partial charge in [-0.25, -0.2) is 0 Å². The molecule has 0 aliphatic heterocycles. The Kier molecular flexibility index (Phi) is 6.78. The van der Waals surface area contributed by atoms with Crippen molar-refractivity contribution in [2.24, 2.45) is 0 Å². The van der Waals surface area contributed by atoms with Crippen LogP contribution in [0, 0.1) is 0 Å². The largest absolute Gasteiger partial charge is 0.377 e. The van der Waals surface area contributed by atoms with Crippen LogP contribution >= 0.6 is 31.9 Å². The van der Waals surface area contributed by atoms with Crippen LogP contribution in [0.25, 0.3) is 0 Å². The molecule has 0 aliphatic carbocycles. The van der Waals surface area contributed by atoms with E-state index >= 15 is 0 Å². The highest BCUT2D eigenvalue weighted by Crippen LogP contribution is 2.31. The summed E-state index contributed by atoms with van der Waals surface area (Å²) < 4.78 is 2.18. The van der Waals surface area contributed by atoms with Crippen molar-refractivity contribution >= 4 is 37.5 Å². The van der Waals surface area contributed by atoms with Crippen LogP contribution in [0.15, 0.2) is 57.5 Å². The van der Waals surface area contributed by atoms with Crippen molar-refractivity contribution in [1.82, 2.24) is 0 Å². The molecule has 1 unspecified atom stereocenters. The Bertz CT molecular complexity index is 554. The molecule has 1 nitrogen and oxygen atoms in total. The number of halogens is 2. The molecule has 21 heavy (non-hydrogen) atoms. The summed E-state index contributed by atoms with van der Waals surface area (Å²) in [7, 11) is 0. The van der Waals surface area contributed by atoms with Gasteiger partial charge in [0.25, 0.3) is 0 Å². The number of benzene rings is 2. The van der Waals surface area contributed by atoms with Crippen LogP contribution in [0.2, 0.25) is 0 Å². The van der Waals surface area contributed by atoms with Gasteiger partial charge in [-0.3, -0.25) is 0 Å². The van der Waals surface area contributed by atoms with Crippen LogP contribution in [0.5, 0.6) is 0 Å². The summed E-state index contributed by atoms with van der Waals surface area (Å²) in [4.78, 5) is 0. The smallest absolute Gasteiger partial charge is 0.0514 e. The second kappa shape index (κ2) is 8.60. The predicted molar refractivity (Wildman–Crippen MR) is 98.8 cm³/mol. The monoisotopic (exact) mass is 409 g/mol. The molecule has 3 heteroatoms. The van der Waals surface area contributed by atoms with Crippen LogP contribution in [0.4, 0.5) is 5.69 Å². The molecule has 0 heterocycles. The van der Waals surface area contributed by atoms with Crippen LogP contribution < -0.4 is 5.32 Å². The minimum atomic E-state index is 0.357. The summed E-state index contributed by atoms with van der Waals surface area (Å²) in [6.45, 7) is 2.25. The van der Waals surface area contributed by atoms with Crippen molar-refractivity contribution < 1.29 is 0 Å². The highest BCUT2D eigenvalue weighted by atomic mass is 79.9. The molecule has 0 fully saturated rings. The zero-order chi connectivity index (χ0) is 15.1. The summed E-state index contributed by atoms with van der Waals surface area (Å²) in [5.74, 6) is 0. The van der Waals surface area contributed by atoms with E-state index < -0.39 is 0 Å². The van der Waals surface area contributed by atoms with Crippen LogP contribution in [-0.2, 0) is 0 Å². The van der Waals surface area contributed by atoms with Gasteiger partial charge >= 0.3 is 0 Å². The van der Waals surface area contributed by atoms with Gasteiger partial charge in [-0.2, -0.15) is 0 Å². The maximum absolute atomic E-state index is 3.68. The Morgan fingerprint density at radius 2 is 1.76 bits per heavy atom. The summed E-state index contributed by atoms with van der Waals surface area (Å²) in [6.07, 6.45) is 4.94. The fraction of sp³-hybridized carbons (Fsp3) is 0.333. The Labute approximate surface area is 144 Å². The lowest BCUT2D eigenvalue weighted by molar-refractivity contribution is 0.606. The van der Waals surface area contributed by atoms with E-state index in [1.165, 1.54) is 24.8 Å². The number of unbranched alkanes of at least 4 members (excludes halogenated alkanes) is 2. The van der Waals surface area contributed by atoms with Gasteiger partial charge in [0, 0.05) is 14.6 Å². The Morgan fingerprint density at radius 3 is 2.43 bits per heavy atom. The quantitative estimate of drug-likeness (QED) is 0.487. The molecular weight excluding hydrogens is 390 g/mol. The summed E-state index contributed by atoms with van der Waals surface area (Å²) in [5, 5.41) is 3.68. The zero-order valence-electron chi connectivity index (χ0n) is 12.3. The minimum Gasteiger partial charge on any atom is -0.377 e. The van der Waals surface area contributed by atoms with Gasteiger partial charge in [0.15, 0.2) is 0 Å². The second-order valence-corrected chi connectivity index (χ2v) is 7.00. The van der Waals surface area contributed by atoms with Gasteiger partial charge in [-0.15, -0.1) is 0 Å². The Balaban J connectivity index is 2.15. The van der Waals surface area contributed by atoms with Crippen molar-refractivity contribution in [2.45, 2.75) is 38.6 Å². The van der Waals surface area contributed by atoms with Gasteiger partial charge < -0.3 is 5.32 Å². The molecule has 2 rings (SSSR count). The third-order valence-electron chi connectivity index (χ3n) is 3.56. The molecule has 0 saturated heterocycles. The van der Waals surface area contributed by atoms with Crippen LogP contribution in [0.3, 0.4) is 0 Å². The lowest BCUT2D eigenvalue weighted by atomic mass is 10.00. The van der Waals surface area contributed by atoms with E-state index in [2.05, 4.69) is 92.6 Å². The molecule has 0 aliphatic rings. The van der Waals surface area contributed by atoms with Crippen molar-refractivity contribution in [3.05, 3.63) is 63.0 Å². The minimum absolute atomic E-state index is 0.357. The maximum Gasteiger partial charge on any atom is 0.0514 e. The molecular formula is C18H21Br2N. The first-order valence-corrected chi connectivity index (χ1v) is 9.06. The molecule has 0 amide bonds. The van der Waals surface area contributed by atoms with E-state index in [1.807, 2.05) is 0 Å². The molecule has 0 bridgehead atoms. The van der Waals surface area contributed by atoms with Crippen molar-refractivity contribution in [1.29, 1.82) is 0 Å². The summed E-state index contributed by atoms with van der Waals surface area (Å²) >= 11 is 7.14. The first kappa shape index (κ1) is 16.6. The predicted octanol–water partition coefficient (Wildman–Crippen LogP) is 6.95. The van der Waals surface area contributed by atoms with Gasteiger partial charge in [0.05, 0.1) is 6.04 Å². The first-order valence-electron chi connectivity index (χ1n) is 7.47. The van der Waals surface area contributed by atoms with Crippen LogP contribution in [-0.4, -0.2) is 0 Å². The van der Waals surface area contributed by atoms with Crippen molar-refractivity contribution in [3.63, 3.8) is 0 Å². The van der Waals surface area contributed by atoms with Crippen molar-refractivity contribution in [2.75, 3.05) is 5.32 Å². The SMILES string of the molecule is CCCCCC(Nc1ccc(Br)cc1Br)c1ccccc1.